The van der Waals surface area contributed by atoms with E-state index < -0.39 is 0 Å². The molecule has 8 fully saturated rings. The number of hydrogen-bond acceptors (Lipinski definition) is 1. The Bertz CT molecular complexity index is 508. The summed E-state index contributed by atoms with van der Waals surface area (Å²) in [5, 5.41) is 3.48. The lowest BCUT2D eigenvalue weighted by atomic mass is 9.48. The maximum Gasteiger partial charge on any atom is 0.220 e. The maximum absolute atomic E-state index is 12.9. The number of hydrogen-bond donors (Lipinski definition) is 1. The summed E-state index contributed by atoms with van der Waals surface area (Å²) >= 11 is 0. The summed E-state index contributed by atoms with van der Waals surface area (Å²) in [5.41, 5.74) is 0.895. The molecule has 8 aliphatic carbocycles. The molecule has 138 valence electrons. The molecule has 25 heavy (non-hydrogen) atoms. The lowest BCUT2D eigenvalue weighted by Gasteiger charge is -2.57. The molecule has 0 atom stereocenters. The summed E-state index contributed by atoms with van der Waals surface area (Å²) in [6.45, 7) is 1.00. The third kappa shape index (κ3) is 2.60. The molecule has 0 unspecified atom stereocenters. The molecule has 2 nitrogen and oxygen atoms in total. The van der Waals surface area contributed by atoms with Crippen molar-refractivity contribution in [3.63, 3.8) is 0 Å². The maximum atomic E-state index is 12.9. The standard InChI is InChI=1S/C23H35NO/c25-21(13-22-7-15-1-16(8-22)3-17(2-15)9-22)24-14-23-10-18-4-19(11-23)6-20(5-18)12-23/h15-20H,1-14H2,(H,24,25). The second kappa shape index (κ2) is 5.26. The van der Waals surface area contributed by atoms with E-state index in [0.29, 0.717) is 16.7 Å². The van der Waals surface area contributed by atoms with Crippen LogP contribution in [-0.2, 0) is 4.79 Å². The topological polar surface area (TPSA) is 29.1 Å². The van der Waals surface area contributed by atoms with Crippen molar-refractivity contribution in [1.82, 2.24) is 5.32 Å². The van der Waals surface area contributed by atoms with Gasteiger partial charge < -0.3 is 5.32 Å². The quantitative estimate of drug-likeness (QED) is 0.772. The van der Waals surface area contributed by atoms with Crippen LogP contribution >= 0.6 is 0 Å². The normalized spacial score (nSPS) is 54.9. The monoisotopic (exact) mass is 341 g/mol. The minimum absolute atomic E-state index is 0.401. The molecule has 0 aromatic rings. The third-order valence-corrected chi connectivity index (χ3v) is 9.53. The van der Waals surface area contributed by atoms with Gasteiger partial charge in [0.05, 0.1) is 0 Å². The first-order valence-electron chi connectivity index (χ1n) is 11.3. The van der Waals surface area contributed by atoms with Crippen LogP contribution in [0.25, 0.3) is 0 Å². The Morgan fingerprint density at radius 3 is 1.40 bits per heavy atom. The summed E-state index contributed by atoms with van der Waals surface area (Å²) in [7, 11) is 0. The fourth-order valence-electron chi connectivity index (χ4n) is 9.70. The predicted molar refractivity (Wildman–Crippen MR) is 98.8 cm³/mol. The van der Waals surface area contributed by atoms with Gasteiger partial charge >= 0.3 is 0 Å². The molecule has 1 amide bonds. The smallest absolute Gasteiger partial charge is 0.220 e. The zero-order valence-corrected chi connectivity index (χ0v) is 15.8. The minimum atomic E-state index is 0.401. The van der Waals surface area contributed by atoms with Crippen molar-refractivity contribution in [1.29, 1.82) is 0 Å². The second-order valence-corrected chi connectivity index (χ2v) is 11.8. The Kier molecular flexibility index (Phi) is 3.26. The van der Waals surface area contributed by atoms with Gasteiger partial charge in [0, 0.05) is 13.0 Å². The Labute approximate surface area is 152 Å². The summed E-state index contributed by atoms with van der Waals surface area (Å²) in [6, 6.07) is 0. The van der Waals surface area contributed by atoms with E-state index in [1.54, 1.807) is 0 Å². The van der Waals surface area contributed by atoms with Gasteiger partial charge in [-0.1, -0.05) is 0 Å². The van der Waals surface area contributed by atoms with Crippen molar-refractivity contribution >= 4 is 5.91 Å². The first-order valence-corrected chi connectivity index (χ1v) is 11.3. The number of nitrogens with one attached hydrogen (secondary N) is 1. The number of carbonyl (C=O) groups excluding carboxylic acids is 1. The van der Waals surface area contributed by atoms with E-state index in [9.17, 15) is 4.79 Å². The van der Waals surface area contributed by atoms with E-state index in [1.807, 2.05) is 0 Å². The van der Waals surface area contributed by atoms with Gasteiger partial charge in [-0.05, 0) is 123 Å². The molecule has 0 aliphatic heterocycles. The van der Waals surface area contributed by atoms with Crippen molar-refractivity contribution in [3.05, 3.63) is 0 Å². The third-order valence-electron chi connectivity index (χ3n) is 9.53. The van der Waals surface area contributed by atoms with Gasteiger partial charge in [0.2, 0.25) is 5.91 Å². The van der Waals surface area contributed by atoms with Gasteiger partial charge in [-0.25, -0.2) is 0 Å². The van der Waals surface area contributed by atoms with Crippen molar-refractivity contribution in [2.24, 2.45) is 46.3 Å². The lowest BCUT2D eigenvalue weighted by molar-refractivity contribution is -0.131. The van der Waals surface area contributed by atoms with E-state index >= 15 is 0 Å². The second-order valence-electron chi connectivity index (χ2n) is 11.8. The van der Waals surface area contributed by atoms with Crippen LogP contribution in [-0.4, -0.2) is 12.5 Å². The highest BCUT2D eigenvalue weighted by Gasteiger charge is 2.53. The molecule has 8 bridgehead atoms. The summed E-state index contributed by atoms with van der Waals surface area (Å²) < 4.78 is 0. The Morgan fingerprint density at radius 2 is 1.00 bits per heavy atom. The van der Waals surface area contributed by atoms with Gasteiger partial charge in [-0.3, -0.25) is 4.79 Å². The first kappa shape index (κ1) is 15.5. The molecule has 0 spiro atoms. The molecule has 8 rings (SSSR count). The molecular formula is C23H35NO. The lowest BCUT2D eigenvalue weighted by Crippen LogP contribution is -2.52. The highest BCUT2D eigenvalue weighted by molar-refractivity contribution is 5.76. The van der Waals surface area contributed by atoms with Gasteiger partial charge in [0.1, 0.15) is 0 Å². The van der Waals surface area contributed by atoms with Crippen LogP contribution in [0.15, 0.2) is 0 Å². The van der Waals surface area contributed by atoms with Crippen LogP contribution in [0.5, 0.6) is 0 Å². The van der Waals surface area contributed by atoms with Crippen LogP contribution in [0.3, 0.4) is 0 Å². The molecule has 0 saturated heterocycles. The first-order chi connectivity index (χ1) is 12.1. The molecule has 0 aromatic carbocycles. The van der Waals surface area contributed by atoms with E-state index in [1.165, 1.54) is 77.0 Å². The van der Waals surface area contributed by atoms with Crippen LogP contribution in [0.2, 0.25) is 0 Å². The molecule has 0 aromatic heterocycles. The van der Waals surface area contributed by atoms with Gasteiger partial charge in [-0.2, -0.15) is 0 Å². The fourth-order valence-corrected chi connectivity index (χ4v) is 9.70. The van der Waals surface area contributed by atoms with Crippen molar-refractivity contribution < 1.29 is 4.79 Å². The molecule has 1 N–H and O–H groups in total. The summed E-state index contributed by atoms with van der Waals surface area (Å²) in [5.74, 6) is 6.26. The fraction of sp³-hybridized carbons (Fsp3) is 0.957. The van der Waals surface area contributed by atoms with Crippen LogP contribution in [0, 0.1) is 46.3 Å². The average molecular weight is 342 g/mol. The van der Waals surface area contributed by atoms with Crippen LogP contribution in [0.1, 0.15) is 83.5 Å². The van der Waals surface area contributed by atoms with Crippen molar-refractivity contribution in [2.45, 2.75) is 83.5 Å². The molecular weight excluding hydrogens is 306 g/mol. The van der Waals surface area contributed by atoms with E-state index in [-0.39, 0.29) is 0 Å². The Morgan fingerprint density at radius 1 is 0.640 bits per heavy atom. The Hall–Kier alpha value is -0.530. The van der Waals surface area contributed by atoms with Crippen LogP contribution < -0.4 is 5.32 Å². The van der Waals surface area contributed by atoms with E-state index in [2.05, 4.69) is 5.32 Å². The Balaban J connectivity index is 1.10. The number of amides is 1. The highest BCUT2D eigenvalue weighted by atomic mass is 16.1. The van der Waals surface area contributed by atoms with Gasteiger partial charge in [-0.15, -0.1) is 0 Å². The molecule has 2 heteroatoms. The van der Waals surface area contributed by atoms with Crippen LogP contribution in [0.4, 0.5) is 0 Å². The number of rotatable bonds is 4. The van der Waals surface area contributed by atoms with Gasteiger partial charge in [0.15, 0.2) is 0 Å². The molecule has 0 radical (unpaired) electrons. The minimum Gasteiger partial charge on any atom is -0.356 e. The van der Waals surface area contributed by atoms with Crippen molar-refractivity contribution in [2.75, 3.05) is 6.54 Å². The van der Waals surface area contributed by atoms with E-state index in [0.717, 1.165) is 48.5 Å². The molecule has 8 saturated carbocycles. The van der Waals surface area contributed by atoms with Gasteiger partial charge in [0.25, 0.3) is 0 Å². The molecule has 0 heterocycles. The SMILES string of the molecule is O=C(CC12CC3CC(CC(C3)C1)C2)NCC12CC3CC(CC(C3)C1)C2. The largest absolute Gasteiger partial charge is 0.356 e. The summed E-state index contributed by atoms with van der Waals surface area (Å²) in [4.78, 5) is 12.9. The predicted octanol–water partition coefficient (Wildman–Crippen LogP) is 4.93. The molecule has 8 aliphatic rings. The average Bonchev–Trinajstić information content (AvgIpc) is 2.50. The van der Waals surface area contributed by atoms with Crippen molar-refractivity contribution in [3.8, 4) is 0 Å². The zero-order valence-electron chi connectivity index (χ0n) is 15.8. The highest BCUT2D eigenvalue weighted by Crippen LogP contribution is 2.62. The van der Waals surface area contributed by atoms with E-state index in [4.69, 9.17) is 0 Å². The number of carbonyl (C=O) groups is 1. The summed E-state index contributed by atoms with van der Waals surface area (Å²) in [6.07, 6.45) is 18.1. The zero-order chi connectivity index (χ0) is 16.6.